The number of hydrogen-bond acceptors (Lipinski definition) is 4. The summed E-state index contributed by atoms with van der Waals surface area (Å²) in [5.74, 6) is -0.885. The van der Waals surface area contributed by atoms with Gasteiger partial charge in [0.2, 0.25) is 0 Å². The van der Waals surface area contributed by atoms with E-state index in [-0.39, 0.29) is 11.3 Å². The highest BCUT2D eigenvalue weighted by atomic mass is 16.7. The van der Waals surface area contributed by atoms with Crippen molar-refractivity contribution in [2.45, 2.75) is 39.7 Å². The van der Waals surface area contributed by atoms with Crippen molar-refractivity contribution in [1.29, 1.82) is 0 Å². The standard InChI is InChI=1S/C14H18O5/c1-5-14(3,4)19-13(17)18-11-8-10(12(15)16)7-6-9(11)2/h6-8H,5H2,1-4H3,(H,15,16). The number of carbonyl (C=O) groups excluding carboxylic acids is 1. The van der Waals surface area contributed by atoms with Gasteiger partial charge in [-0.25, -0.2) is 9.59 Å². The summed E-state index contributed by atoms with van der Waals surface area (Å²) in [6.07, 6.45) is -0.187. The third kappa shape index (κ3) is 4.28. The highest BCUT2D eigenvalue weighted by Crippen LogP contribution is 2.22. The minimum atomic E-state index is -1.08. The number of carboxylic acids is 1. The highest BCUT2D eigenvalue weighted by molar-refractivity contribution is 5.88. The lowest BCUT2D eigenvalue weighted by atomic mass is 10.1. The van der Waals surface area contributed by atoms with Gasteiger partial charge in [-0.2, -0.15) is 0 Å². The van der Waals surface area contributed by atoms with Crippen LogP contribution in [0.2, 0.25) is 0 Å². The third-order valence-corrected chi connectivity index (χ3v) is 2.84. The molecule has 0 bridgehead atoms. The molecule has 0 aliphatic heterocycles. The predicted molar refractivity (Wildman–Crippen MR) is 69.6 cm³/mol. The van der Waals surface area contributed by atoms with Crippen molar-refractivity contribution in [3.8, 4) is 5.75 Å². The molecule has 0 saturated carbocycles. The van der Waals surface area contributed by atoms with Crippen LogP contribution in [0.4, 0.5) is 4.79 Å². The number of carboxylic acid groups (broad SMARTS) is 1. The Balaban J connectivity index is 2.84. The first-order chi connectivity index (χ1) is 8.75. The zero-order chi connectivity index (χ0) is 14.6. The van der Waals surface area contributed by atoms with E-state index in [4.69, 9.17) is 14.6 Å². The summed E-state index contributed by atoms with van der Waals surface area (Å²) in [6, 6.07) is 4.33. The molecule has 1 N–H and O–H groups in total. The van der Waals surface area contributed by atoms with Gasteiger partial charge in [0.25, 0.3) is 0 Å². The van der Waals surface area contributed by atoms with Crippen LogP contribution in [0.3, 0.4) is 0 Å². The van der Waals surface area contributed by atoms with E-state index in [1.165, 1.54) is 12.1 Å². The molecule has 1 rings (SSSR count). The molecule has 5 nitrogen and oxygen atoms in total. The van der Waals surface area contributed by atoms with Crippen LogP contribution in [0, 0.1) is 6.92 Å². The van der Waals surface area contributed by atoms with E-state index in [9.17, 15) is 9.59 Å². The average molecular weight is 266 g/mol. The molecule has 0 amide bonds. The Bertz CT molecular complexity index is 491. The number of ether oxygens (including phenoxy) is 2. The van der Waals surface area contributed by atoms with Gasteiger partial charge >= 0.3 is 12.1 Å². The maximum Gasteiger partial charge on any atom is 0.514 e. The second-order valence-electron chi connectivity index (χ2n) is 4.85. The predicted octanol–water partition coefficient (Wildman–Crippen LogP) is 3.40. The topological polar surface area (TPSA) is 72.8 Å². The smallest absolute Gasteiger partial charge is 0.478 e. The Morgan fingerprint density at radius 1 is 1.32 bits per heavy atom. The molecular weight excluding hydrogens is 248 g/mol. The fourth-order valence-electron chi connectivity index (χ4n) is 1.25. The summed E-state index contributed by atoms with van der Waals surface area (Å²) in [7, 11) is 0. The summed E-state index contributed by atoms with van der Waals surface area (Å²) in [6.45, 7) is 7.16. The van der Waals surface area contributed by atoms with Crippen molar-refractivity contribution >= 4 is 12.1 Å². The minimum Gasteiger partial charge on any atom is -0.478 e. The molecule has 0 radical (unpaired) electrons. The largest absolute Gasteiger partial charge is 0.514 e. The van der Waals surface area contributed by atoms with Crippen molar-refractivity contribution < 1.29 is 24.2 Å². The van der Waals surface area contributed by atoms with Crippen molar-refractivity contribution in [2.24, 2.45) is 0 Å². The molecule has 0 aromatic heterocycles. The monoisotopic (exact) mass is 266 g/mol. The second-order valence-corrected chi connectivity index (χ2v) is 4.85. The maximum absolute atomic E-state index is 11.6. The fraction of sp³-hybridized carbons (Fsp3) is 0.429. The van der Waals surface area contributed by atoms with Crippen molar-refractivity contribution in [3.63, 3.8) is 0 Å². The lowest BCUT2D eigenvalue weighted by molar-refractivity contribution is 0.00685. The lowest BCUT2D eigenvalue weighted by Gasteiger charge is -2.22. The first-order valence-corrected chi connectivity index (χ1v) is 6.00. The van der Waals surface area contributed by atoms with Crippen LogP contribution in [0.1, 0.15) is 43.1 Å². The van der Waals surface area contributed by atoms with E-state index in [0.717, 1.165) is 0 Å². The van der Waals surface area contributed by atoms with Crippen molar-refractivity contribution in [1.82, 2.24) is 0 Å². The zero-order valence-corrected chi connectivity index (χ0v) is 11.5. The number of aryl methyl sites for hydroxylation is 1. The number of carbonyl (C=O) groups is 2. The summed E-state index contributed by atoms with van der Waals surface area (Å²) >= 11 is 0. The molecule has 1 aromatic carbocycles. The van der Waals surface area contributed by atoms with Gasteiger partial charge in [-0.1, -0.05) is 13.0 Å². The Hall–Kier alpha value is -2.04. The van der Waals surface area contributed by atoms with E-state index >= 15 is 0 Å². The SMILES string of the molecule is CCC(C)(C)OC(=O)Oc1cc(C(=O)O)ccc1C. The Morgan fingerprint density at radius 3 is 2.47 bits per heavy atom. The summed E-state index contributed by atoms with van der Waals surface area (Å²) in [4.78, 5) is 22.5. The molecule has 0 unspecified atom stereocenters. The molecule has 5 heteroatoms. The Labute approximate surface area is 112 Å². The van der Waals surface area contributed by atoms with E-state index in [1.54, 1.807) is 26.8 Å². The Kier molecular flexibility index (Phi) is 4.53. The van der Waals surface area contributed by atoms with Crippen LogP contribution >= 0.6 is 0 Å². The zero-order valence-electron chi connectivity index (χ0n) is 11.5. The van der Waals surface area contributed by atoms with Crippen LogP contribution in [0.25, 0.3) is 0 Å². The van der Waals surface area contributed by atoms with Gasteiger partial charge in [0, 0.05) is 0 Å². The molecule has 0 aliphatic carbocycles. The van der Waals surface area contributed by atoms with Crippen LogP contribution in [0.5, 0.6) is 5.75 Å². The molecule has 104 valence electrons. The quantitative estimate of drug-likeness (QED) is 0.668. The molecule has 0 heterocycles. The number of aromatic carboxylic acids is 1. The number of benzene rings is 1. The summed E-state index contributed by atoms with van der Waals surface area (Å²) in [5.41, 5.74) is 0.106. The van der Waals surface area contributed by atoms with E-state index in [1.807, 2.05) is 6.92 Å². The average Bonchev–Trinajstić information content (AvgIpc) is 2.31. The molecule has 19 heavy (non-hydrogen) atoms. The first-order valence-electron chi connectivity index (χ1n) is 6.00. The van der Waals surface area contributed by atoms with Crippen molar-refractivity contribution in [3.05, 3.63) is 29.3 Å². The van der Waals surface area contributed by atoms with Crippen LogP contribution < -0.4 is 4.74 Å². The maximum atomic E-state index is 11.6. The lowest BCUT2D eigenvalue weighted by Crippen LogP contribution is -2.28. The second kappa shape index (κ2) is 5.73. The number of hydrogen-bond donors (Lipinski definition) is 1. The molecule has 1 aromatic rings. The highest BCUT2D eigenvalue weighted by Gasteiger charge is 2.22. The van der Waals surface area contributed by atoms with Crippen LogP contribution in [0.15, 0.2) is 18.2 Å². The first kappa shape index (κ1) is 15.0. The molecule has 0 aliphatic rings. The molecule has 0 spiro atoms. The third-order valence-electron chi connectivity index (χ3n) is 2.84. The van der Waals surface area contributed by atoms with Gasteiger partial charge in [0.15, 0.2) is 0 Å². The van der Waals surface area contributed by atoms with Gasteiger partial charge in [0.05, 0.1) is 5.56 Å². The van der Waals surface area contributed by atoms with E-state index < -0.39 is 17.7 Å². The van der Waals surface area contributed by atoms with E-state index in [2.05, 4.69) is 0 Å². The van der Waals surface area contributed by atoms with Gasteiger partial charge in [-0.3, -0.25) is 0 Å². The fourth-order valence-corrected chi connectivity index (χ4v) is 1.25. The van der Waals surface area contributed by atoms with Crippen LogP contribution in [-0.2, 0) is 4.74 Å². The van der Waals surface area contributed by atoms with Crippen LogP contribution in [-0.4, -0.2) is 22.8 Å². The molecular formula is C14H18O5. The summed E-state index contributed by atoms with van der Waals surface area (Å²) in [5, 5.41) is 8.89. The Morgan fingerprint density at radius 2 is 1.95 bits per heavy atom. The van der Waals surface area contributed by atoms with Gasteiger partial charge in [-0.05, 0) is 44.9 Å². The van der Waals surface area contributed by atoms with Crippen molar-refractivity contribution in [2.75, 3.05) is 0 Å². The van der Waals surface area contributed by atoms with E-state index in [0.29, 0.717) is 12.0 Å². The van der Waals surface area contributed by atoms with Gasteiger partial charge in [0.1, 0.15) is 11.4 Å². The van der Waals surface area contributed by atoms with Gasteiger partial charge < -0.3 is 14.6 Å². The molecule has 0 atom stereocenters. The minimum absolute atomic E-state index is 0.0585. The molecule has 0 fully saturated rings. The van der Waals surface area contributed by atoms with Gasteiger partial charge in [-0.15, -0.1) is 0 Å². The number of rotatable bonds is 4. The normalized spacial score (nSPS) is 10.9. The molecule has 0 saturated heterocycles. The summed E-state index contributed by atoms with van der Waals surface area (Å²) < 4.78 is 10.2.